The lowest BCUT2D eigenvalue weighted by Gasteiger charge is -2.09. The number of hydrogen-bond acceptors (Lipinski definition) is 3. The molecule has 0 saturated carbocycles. The molecule has 0 heterocycles. The van der Waals surface area contributed by atoms with Crippen molar-refractivity contribution in [3.63, 3.8) is 0 Å². The number of hydrogen-bond donors (Lipinski definition) is 2. The maximum Gasteiger partial charge on any atom is 0.337 e. The van der Waals surface area contributed by atoms with Crippen molar-refractivity contribution < 1.29 is 14.3 Å². The lowest BCUT2D eigenvalue weighted by Crippen LogP contribution is -2.02. The second kappa shape index (κ2) is 5.19. The number of halogens is 1. The topological polar surface area (TPSA) is 73.1 Å². The number of nitrogens with one attached hydrogen (secondary N) is 1. The largest absolute Gasteiger partial charge is 0.478 e. The van der Waals surface area contributed by atoms with Crippen LogP contribution in [-0.4, -0.2) is 11.1 Å². The molecule has 0 fully saturated rings. The van der Waals surface area contributed by atoms with Crippen molar-refractivity contribution in [1.29, 1.82) is 5.26 Å². The van der Waals surface area contributed by atoms with Crippen LogP contribution in [0.3, 0.4) is 0 Å². The Morgan fingerprint density at radius 3 is 2.68 bits per heavy atom. The number of benzene rings is 2. The zero-order valence-corrected chi connectivity index (χ0v) is 9.72. The molecule has 5 heteroatoms. The number of nitriles is 1. The summed E-state index contributed by atoms with van der Waals surface area (Å²) >= 11 is 0. The predicted octanol–water partition coefficient (Wildman–Crippen LogP) is 3.14. The zero-order chi connectivity index (χ0) is 13.8. The highest BCUT2D eigenvalue weighted by Gasteiger charge is 2.10. The van der Waals surface area contributed by atoms with Crippen LogP contribution >= 0.6 is 0 Å². The van der Waals surface area contributed by atoms with Crippen molar-refractivity contribution in [3.8, 4) is 6.07 Å². The monoisotopic (exact) mass is 256 g/mol. The number of carboxylic acids is 1. The van der Waals surface area contributed by atoms with E-state index in [1.807, 2.05) is 0 Å². The Bertz CT molecular complexity index is 677. The molecule has 0 radical (unpaired) electrons. The normalized spacial score (nSPS) is 9.68. The van der Waals surface area contributed by atoms with E-state index in [0.717, 1.165) is 6.07 Å². The van der Waals surface area contributed by atoms with Crippen LogP contribution in [0.1, 0.15) is 15.9 Å². The molecule has 4 nitrogen and oxygen atoms in total. The molecule has 0 amide bonds. The SMILES string of the molecule is N#Cc1cc(Nc2ccccc2C(=O)O)ccc1F. The predicted molar refractivity (Wildman–Crippen MR) is 67.8 cm³/mol. The average molecular weight is 256 g/mol. The van der Waals surface area contributed by atoms with Gasteiger partial charge in [-0.2, -0.15) is 5.26 Å². The van der Waals surface area contributed by atoms with E-state index in [0.29, 0.717) is 11.4 Å². The van der Waals surface area contributed by atoms with Crippen molar-refractivity contribution in [3.05, 3.63) is 59.4 Å². The smallest absolute Gasteiger partial charge is 0.337 e. The van der Waals surface area contributed by atoms with Crippen LogP contribution in [0.15, 0.2) is 42.5 Å². The molecule has 0 unspecified atom stereocenters. The fourth-order valence-electron chi connectivity index (χ4n) is 1.62. The molecule has 0 saturated heterocycles. The number of anilines is 2. The highest BCUT2D eigenvalue weighted by molar-refractivity contribution is 5.95. The number of rotatable bonds is 3. The molecular weight excluding hydrogens is 247 g/mol. The summed E-state index contributed by atoms with van der Waals surface area (Å²) in [6, 6.07) is 12.0. The first-order chi connectivity index (χ1) is 9.11. The van der Waals surface area contributed by atoms with Gasteiger partial charge in [-0.1, -0.05) is 12.1 Å². The molecule has 0 spiro atoms. The Hall–Kier alpha value is -2.87. The van der Waals surface area contributed by atoms with Crippen LogP contribution in [0.4, 0.5) is 15.8 Å². The summed E-state index contributed by atoms with van der Waals surface area (Å²) in [5, 5.41) is 20.6. The minimum Gasteiger partial charge on any atom is -0.478 e. The number of aromatic carboxylic acids is 1. The molecule has 19 heavy (non-hydrogen) atoms. The second-order valence-corrected chi connectivity index (χ2v) is 3.78. The summed E-state index contributed by atoms with van der Waals surface area (Å²) in [4.78, 5) is 11.0. The first kappa shape index (κ1) is 12.6. The molecule has 0 atom stereocenters. The van der Waals surface area contributed by atoms with E-state index in [1.54, 1.807) is 24.3 Å². The fourth-order valence-corrected chi connectivity index (χ4v) is 1.62. The van der Waals surface area contributed by atoms with E-state index in [4.69, 9.17) is 10.4 Å². The highest BCUT2D eigenvalue weighted by Crippen LogP contribution is 2.22. The maximum atomic E-state index is 13.2. The first-order valence-corrected chi connectivity index (χ1v) is 5.41. The average Bonchev–Trinajstić information content (AvgIpc) is 2.41. The Balaban J connectivity index is 2.37. The first-order valence-electron chi connectivity index (χ1n) is 5.41. The minimum absolute atomic E-state index is 0.0993. The Morgan fingerprint density at radius 1 is 1.26 bits per heavy atom. The number of nitrogens with zero attached hydrogens (tertiary/aromatic N) is 1. The molecule has 2 rings (SSSR count). The van der Waals surface area contributed by atoms with Gasteiger partial charge >= 0.3 is 5.97 Å². The number of carbonyl (C=O) groups is 1. The van der Waals surface area contributed by atoms with Gasteiger partial charge in [-0.3, -0.25) is 0 Å². The molecule has 94 valence electrons. The Labute approximate surface area is 108 Å². The van der Waals surface area contributed by atoms with Gasteiger partial charge in [0.05, 0.1) is 16.8 Å². The summed E-state index contributed by atoms with van der Waals surface area (Å²) in [6.07, 6.45) is 0. The van der Waals surface area contributed by atoms with Crippen LogP contribution < -0.4 is 5.32 Å². The standard InChI is InChI=1S/C14H9FN2O2/c15-12-6-5-10(7-9(12)8-16)17-13-4-2-1-3-11(13)14(18)19/h1-7,17H,(H,18,19). The number of carboxylic acid groups (broad SMARTS) is 1. The van der Waals surface area contributed by atoms with Gasteiger partial charge in [-0.25, -0.2) is 9.18 Å². The molecular formula is C14H9FN2O2. The van der Waals surface area contributed by atoms with Crippen LogP contribution in [0, 0.1) is 17.1 Å². The van der Waals surface area contributed by atoms with Crippen molar-refractivity contribution in [2.45, 2.75) is 0 Å². The summed E-state index contributed by atoms with van der Waals surface area (Å²) in [5.74, 6) is -1.68. The van der Waals surface area contributed by atoms with Crippen molar-refractivity contribution in [1.82, 2.24) is 0 Å². The van der Waals surface area contributed by atoms with E-state index in [1.165, 1.54) is 18.2 Å². The van der Waals surface area contributed by atoms with Crippen molar-refractivity contribution in [2.75, 3.05) is 5.32 Å². The van der Waals surface area contributed by atoms with Crippen molar-refractivity contribution in [2.24, 2.45) is 0 Å². The molecule has 0 aromatic heterocycles. The summed E-state index contributed by atoms with van der Waals surface area (Å²) in [6.45, 7) is 0. The van der Waals surface area contributed by atoms with Gasteiger partial charge in [-0.05, 0) is 30.3 Å². The van der Waals surface area contributed by atoms with E-state index < -0.39 is 11.8 Å². The summed E-state index contributed by atoms with van der Waals surface area (Å²) in [5.41, 5.74) is 0.834. The van der Waals surface area contributed by atoms with Crippen LogP contribution in [0.5, 0.6) is 0 Å². The summed E-state index contributed by atoms with van der Waals surface area (Å²) < 4.78 is 13.2. The zero-order valence-electron chi connectivity index (χ0n) is 9.72. The van der Waals surface area contributed by atoms with Gasteiger partial charge in [0.1, 0.15) is 11.9 Å². The van der Waals surface area contributed by atoms with Crippen LogP contribution in [-0.2, 0) is 0 Å². The quantitative estimate of drug-likeness (QED) is 0.884. The Morgan fingerprint density at radius 2 is 2.00 bits per heavy atom. The van der Waals surface area contributed by atoms with Gasteiger partial charge in [0.15, 0.2) is 0 Å². The Kier molecular flexibility index (Phi) is 3.44. The van der Waals surface area contributed by atoms with E-state index in [9.17, 15) is 9.18 Å². The molecule has 2 aromatic rings. The van der Waals surface area contributed by atoms with E-state index >= 15 is 0 Å². The third-order valence-corrected chi connectivity index (χ3v) is 2.52. The van der Waals surface area contributed by atoms with Gasteiger partial charge in [0, 0.05) is 5.69 Å². The third-order valence-electron chi connectivity index (χ3n) is 2.52. The lowest BCUT2D eigenvalue weighted by molar-refractivity contribution is 0.0698. The lowest BCUT2D eigenvalue weighted by atomic mass is 10.1. The van der Waals surface area contributed by atoms with Gasteiger partial charge in [0.25, 0.3) is 0 Å². The van der Waals surface area contributed by atoms with Gasteiger partial charge < -0.3 is 10.4 Å². The minimum atomic E-state index is -1.06. The fraction of sp³-hybridized carbons (Fsp3) is 0. The number of para-hydroxylation sites is 1. The van der Waals surface area contributed by atoms with Crippen LogP contribution in [0.25, 0.3) is 0 Å². The third kappa shape index (κ3) is 2.69. The van der Waals surface area contributed by atoms with E-state index in [-0.39, 0.29) is 11.1 Å². The van der Waals surface area contributed by atoms with Gasteiger partial charge in [0.2, 0.25) is 0 Å². The van der Waals surface area contributed by atoms with Gasteiger partial charge in [-0.15, -0.1) is 0 Å². The molecule has 0 aliphatic carbocycles. The molecule has 0 bridgehead atoms. The molecule has 2 N–H and O–H groups in total. The molecule has 0 aliphatic heterocycles. The maximum absolute atomic E-state index is 13.2. The van der Waals surface area contributed by atoms with Crippen molar-refractivity contribution >= 4 is 17.3 Å². The van der Waals surface area contributed by atoms with E-state index in [2.05, 4.69) is 5.32 Å². The second-order valence-electron chi connectivity index (χ2n) is 3.78. The molecule has 2 aromatic carbocycles. The van der Waals surface area contributed by atoms with Crippen LogP contribution in [0.2, 0.25) is 0 Å². The molecule has 0 aliphatic rings. The highest BCUT2D eigenvalue weighted by atomic mass is 19.1. The summed E-state index contributed by atoms with van der Waals surface area (Å²) in [7, 11) is 0.